The summed E-state index contributed by atoms with van der Waals surface area (Å²) in [6.45, 7) is 4.07. The van der Waals surface area contributed by atoms with Crippen molar-refractivity contribution in [2.75, 3.05) is 39.3 Å². The number of benzene rings is 1. The van der Waals surface area contributed by atoms with Gasteiger partial charge >= 0.3 is 6.03 Å². The van der Waals surface area contributed by atoms with Gasteiger partial charge in [0.1, 0.15) is 0 Å². The fraction of sp³-hybridized carbons (Fsp3) is 0.474. The Bertz CT molecular complexity index is 648. The summed E-state index contributed by atoms with van der Waals surface area (Å²) in [6.07, 6.45) is 6.71. The number of hydrogen-bond acceptors (Lipinski definition) is 2. The van der Waals surface area contributed by atoms with Gasteiger partial charge in [-0.25, -0.2) is 4.79 Å². The molecule has 2 aliphatic rings. The van der Waals surface area contributed by atoms with E-state index in [-0.39, 0.29) is 11.9 Å². The molecule has 2 fully saturated rings. The highest BCUT2D eigenvalue weighted by atomic mass is 35.5. The fourth-order valence-corrected chi connectivity index (χ4v) is 3.48. The number of amides is 3. The molecular formula is C19H24ClN3O2. The highest BCUT2D eigenvalue weighted by Gasteiger charge is 2.27. The standard InChI is InChI=1S/C19H24ClN3O2/c20-17-7-3-2-6-16(17)8-9-18(24)21-12-14-23(15-13-21)19(25)22-10-4-1-5-11-22/h2-3,6-9H,1,4-5,10-15H2. The first kappa shape index (κ1) is 17.8. The van der Waals surface area contributed by atoms with E-state index in [4.69, 9.17) is 11.6 Å². The largest absolute Gasteiger partial charge is 0.336 e. The van der Waals surface area contributed by atoms with Crippen molar-refractivity contribution in [2.24, 2.45) is 0 Å². The summed E-state index contributed by atoms with van der Waals surface area (Å²) in [6, 6.07) is 7.55. The molecule has 3 rings (SSSR count). The van der Waals surface area contributed by atoms with Crippen molar-refractivity contribution in [2.45, 2.75) is 19.3 Å². The zero-order chi connectivity index (χ0) is 17.6. The lowest BCUT2D eigenvalue weighted by Crippen LogP contribution is -2.54. The lowest BCUT2D eigenvalue weighted by atomic mass is 10.1. The number of carbonyl (C=O) groups is 2. The van der Waals surface area contributed by atoms with Gasteiger partial charge in [0.2, 0.25) is 5.91 Å². The number of piperazine rings is 1. The fourth-order valence-electron chi connectivity index (χ4n) is 3.28. The van der Waals surface area contributed by atoms with Gasteiger partial charge in [0.05, 0.1) is 0 Å². The van der Waals surface area contributed by atoms with Gasteiger partial charge in [-0.1, -0.05) is 29.8 Å². The van der Waals surface area contributed by atoms with Gasteiger partial charge in [-0.3, -0.25) is 4.79 Å². The van der Waals surface area contributed by atoms with Gasteiger partial charge in [0.25, 0.3) is 0 Å². The summed E-state index contributed by atoms with van der Waals surface area (Å²) >= 11 is 6.10. The number of piperidine rings is 1. The van der Waals surface area contributed by atoms with E-state index in [1.807, 2.05) is 28.0 Å². The second-order valence-corrected chi connectivity index (χ2v) is 6.90. The molecule has 0 saturated carbocycles. The molecule has 134 valence electrons. The smallest absolute Gasteiger partial charge is 0.320 e. The first-order chi connectivity index (χ1) is 12.1. The van der Waals surface area contributed by atoms with Gasteiger partial charge in [-0.05, 0) is 37.0 Å². The van der Waals surface area contributed by atoms with Crippen LogP contribution in [0.15, 0.2) is 30.3 Å². The maximum Gasteiger partial charge on any atom is 0.320 e. The van der Waals surface area contributed by atoms with Crippen LogP contribution in [-0.2, 0) is 4.79 Å². The Balaban J connectivity index is 1.50. The third kappa shape index (κ3) is 4.54. The molecule has 1 aromatic carbocycles. The van der Waals surface area contributed by atoms with Crippen LogP contribution in [0.25, 0.3) is 6.08 Å². The predicted octanol–water partition coefficient (Wildman–Crippen LogP) is 3.10. The maximum atomic E-state index is 12.5. The second kappa shape index (κ2) is 8.39. The number of likely N-dealkylation sites (tertiary alicyclic amines) is 1. The van der Waals surface area contributed by atoms with E-state index in [0.717, 1.165) is 31.5 Å². The molecule has 25 heavy (non-hydrogen) atoms. The monoisotopic (exact) mass is 361 g/mol. The highest BCUT2D eigenvalue weighted by Crippen LogP contribution is 2.17. The molecule has 6 heteroatoms. The van der Waals surface area contributed by atoms with Crippen molar-refractivity contribution in [3.05, 3.63) is 40.9 Å². The Labute approximate surface area is 153 Å². The van der Waals surface area contributed by atoms with Crippen LogP contribution >= 0.6 is 11.6 Å². The Kier molecular flexibility index (Phi) is 5.97. The first-order valence-electron chi connectivity index (χ1n) is 8.90. The lowest BCUT2D eigenvalue weighted by molar-refractivity contribution is -0.127. The van der Waals surface area contributed by atoms with Crippen molar-refractivity contribution in [3.63, 3.8) is 0 Å². The molecule has 2 heterocycles. The molecule has 0 N–H and O–H groups in total. The molecule has 0 aliphatic carbocycles. The molecule has 0 aromatic heterocycles. The van der Waals surface area contributed by atoms with Crippen LogP contribution in [0.3, 0.4) is 0 Å². The summed E-state index contributed by atoms with van der Waals surface area (Å²) < 4.78 is 0. The van der Waals surface area contributed by atoms with Gasteiger partial charge in [0, 0.05) is 50.4 Å². The molecule has 0 unspecified atom stereocenters. The van der Waals surface area contributed by atoms with E-state index >= 15 is 0 Å². The van der Waals surface area contributed by atoms with E-state index < -0.39 is 0 Å². The van der Waals surface area contributed by atoms with Crippen LogP contribution in [0.5, 0.6) is 0 Å². The summed E-state index contributed by atoms with van der Waals surface area (Å²) in [5.41, 5.74) is 0.830. The Morgan fingerprint density at radius 2 is 1.44 bits per heavy atom. The molecule has 2 aliphatic heterocycles. The lowest BCUT2D eigenvalue weighted by Gasteiger charge is -2.38. The SMILES string of the molecule is O=C(C=Cc1ccccc1Cl)N1CCN(C(=O)N2CCCCC2)CC1. The number of nitrogens with zero attached hydrogens (tertiary/aromatic N) is 3. The quantitative estimate of drug-likeness (QED) is 0.760. The van der Waals surface area contributed by atoms with Gasteiger partial charge in [-0.15, -0.1) is 0 Å². The normalized spacial score (nSPS) is 18.7. The Hall–Kier alpha value is -2.01. The maximum absolute atomic E-state index is 12.5. The van der Waals surface area contributed by atoms with Crippen LogP contribution in [0.1, 0.15) is 24.8 Å². The van der Waals surface area contributed by atoms with Gasteiger partial charge in [-0.2, -0.15) is 0 Å². The molecule has 0 bridgehead atoms. The Morgan fingerprint density at radius 3 is 2.12 bits per heavy atom. The molecule has 5 nitrogen and oxygen atoms in total. The van der Waals surface area contributed by atoms with Crippen LogP contribution in [0.4, 0.5) is 4.79 Å². The number of halogens is 1. The molecular weight excluding hydrogens is 338 g/mol. The molecule has 0 atom stereocenters. The molecule has 0 radical (unpaired) electrons. The minimum Gasteiger partial charge on any atom is -0.336 e. The molecule has 0 spiro atoms. The third-order valence-corrected chi connectivity index (χ3v) is 5.14. The van der Waals surface area contributed by atoms with E-state index in [2.05, 4.69) is 0 Å². The van der Waals surface area contributed by atoms with E-state index in [0.29, 0.717) is 31.2 Å². The van der Waals surface area contributed by atoms with Crippen LogP contribution < -0.4 is 0 Å². The van der Waals surface area contributed by atoms with Crippen LogP contribution in [-0.4, -0.2) is 65.9 Å². The highest BCUT2D eigenvalue weighted by molar-refractivity contribution is 6.32. The topological polar surface area (TPSA) is 43.9 Å². The van der Waals surface area contributed by atoms with Crippen LogP contribution in [0.2, 0.25) is 5.02 Å². The van der Waals surface area contributed by atoms with Gasteiger partial charge < -0.3 is 14.7 Å². The van der Waals surface area contributed by atoms with Crippen molar-refractivity contribution in [1.29, 1.82) is 0 Å². The average Bonchev–Trinajstić information content (AvgIpc) is 2.67. The minimum atomic E-state index is -0.0370. The van der Waals surface area contributed by atoms with Crippen molar-refractivity contribution >= 4 is 29.6 Å². The zero-order valence-corrected chi connectivity index (χ0v) is 15.1. The van der Waals surface area contributed by atoms with E-state index in [1.54, 1.807) is 23.1 Å². The number of rotatable bonds is 2. The molecule has 3 amide bonds. The molecule has 2 saturated heterocycles. The van der Waals surface area contributed by atoms with Crippen molar-refractivity contribution in [3.8, 4) is 0 Å². The summed E-state index contributed by atoms with van der Waals surface area (Å²) in [5.74, 6) is -0.0370. The zero-order valence-electron chi connectivity index (χ0n) is 14.4. The van der Waals surface area contributed by atoms with Crippen molar-refractivity contribution in [1.82, 2.24) is 14.7 Å². The third-order valence-electron chi connectivity index (χ3n) is 4.80. The van der Waals surface area contributed by atoms with Crippen molar-refractivity contribution < 1.29 is 9.59 Å². The van der Waals surface area contributed by atoms with Gasteiger partial charge in [0.15, 0.2) is 0 Å². The summed E-state index contributed by atoms with van der Waals surface area (Å²) in [5, 5.41) is 0.628. The molecule has 1 aromatic rings. The van der Waals surface area contributed by atoms with E-state index in [9.17, 15) is 9.59 Å². The Morgan fingerprint density at radius 1 is 0.840 bits per heavy atom. The second-order valence-electron chi connectivity index (χ2n) is 6.50. The van der Waals surface area contributed by atoms with Crippen LogP contribution in [0, 0.1) is 0 Å². The average molecular weight is 362 g/mol. The summed E-state index contributed by atoms with van der Waals surface area (Å²) in [7, 11) is 0. The summed E-state index contributed by atoms with van der Waals surface area (Å²) in [4.78, 5) is 30.4. The van der Waals surface area contributed by atoms with E-state index in [1.165, 1.54) is 6.42 Å². The number of carbonyl (C=O) groups excluding carboxylic acids is 2. The minimum absolute atomic E-state index is 0.0370. The first-order valence-corrected chi connectivity index (χ1v) is 9.28. The predicted molar refractivity (Wildman–Crippen MR) is 99.5 cm³/mol. The number of hydrogen-bond donors (Lipinski definition) is 0. The number of urea groups is 1.